The standard InChI is InChI=1S/C32H52O3S/c1-26(2)19-13-9-5-7-11-15-21-28-25-29-22-17-18-24-31(29)32(36(33,34)35)30(28)23-16-12-8-6-10-14-20-27(3)4/h17-18,22,24-27H,5-16,19-21,23H2,1-4H3,(H,33,34,35). The first-order valence-electron chi connectivity index (χ1n) is 14.7. The molecule has 0 atom stereocenters. The smallest absolute Gasteiger partial charge is 0.282 e. The fourth-order valence-electron chi connectivity index (χ4n) is 5.34. The van der Waals surface area contributed by atoms with Crippen LogP contribution < -0.4 is 0 Å². The number of hydrogen-bond donors (Lipinski definition) is 1. The van der Waals surface area contributed by atoms with E-state index in [-0.39, 0.29) is 4.90 Å². The summed E-state index contributed by atoms with van der Waals surface area (Å²) in [4.78, 5) is 0.154. The molecule has 0 aliphatic rings. The molecule has 0 aromatic heterocycles. The zero-order chi connectivity index (χ0) is 26.4. The highest BCUT2D eigenvalue weighted by Gasteiger charge is 2.22. The molecule has 0 saturated carbocycles. The minimum atomic E-state index is -4.30. The number of rotatable bonds is 19. The van der Waals surface area contributed by atoms with Gasteiger partial charge in [0.15, 0.2) is 0 Å². The molecule has 0 bridgehead atoms. The number of unbranched alkanes of at least 4 members (excludes halogenated alkanes) is 10. The average Bonchev–Trinajstić information content (AvgIpc) is 2.81. The van der Waals surface area contributed by atoms with Gasteiger partial charge in [-0.25, -0.2) is 0 Å². The summed E-state index contributed by atoms with van der Waals surface area (Å²) in [5.41, 5.74) is 1.96. The second kappa shape index (κ2) is 16.5. The van der Waals surface area contributed by atoms with Crippen LogP contribution in [-0.2, 0) is 23.0 Å². The molecule has 0 unspecified atom stereocenters. The topological polar surface area (TPSA) is 54.4 Å². The lowest BCUT2D eigenvalue weighted by Crippen LogP contribution is -2.08. The van der Waals surface area contributed by atoms with E-state index in [2.05, 4.69) is 33.8 Å². The van der Waals surface area contributed by atoms with Gasteiger partial charge < -0.3 is 0 Å². The van der Waals surface area contributed by atoms with E-state index in [0.29, 0.717) is 5.39 Å². The second-order valence-corrected chi connectivity index (χ2v) is 13.0. The summed E-state index contributed by atoms with van der Waals surface area (Å²) >= 11 is 0. The van der Waals surface area contributed by atoms with E-state index in [1.54, 1.807) is 0 Å². The summed E-state index contributed by atoms with van der Waals surface area (Å²) in [5.74, 6) is 1.57. The summed E-state index contributed by atoms with van der Waals surface area (Å²) in [6.07, 6.45) is 18.7. The van der Waals surface area contributed by atoms with Gasteiger partial charge in [-0.2, -0.15) is 8.42 Å². The van der Waals surface area contributed by atoms with Crippen LogP contribution in [0.1, 0.15) is 129 Å². The largest absolute Gasteiger partial charge is 0.295 e. The monoisotopic (exact) mass is 516 g/mol. The van der Waals surface area contributed by atoms with Crippen molar-refractivity contribution in [2.24, 2.45) is 11.8 Å². The molecule has 0 aliphatic heterocycles. The lowest BCUT2D eigenvalue weighted by molar-refractivity contribution is 0.482. The van der Waals surface area contributed by atoms with E-state index in [0.717, 1.165) is 60.5 Å². The Balaban J connectivity index is 2.02. The van der Waals surface area contributed by atoms with Crippen molar-refractivity contribution in [2.75, 3.05) is 0 Å². The van der Waals surface area contributed by atoms with E-state index >= 15 is 0 Å². The van der Waals surface area contributed by atoms with E-state index in [1.165, 1.54) is 70.6 Å². The first kappa shape index (κ1) is 30.8. The maximum atomic E-state index is 12.6. The summed E-state index contributed by atoms with van der Waals surface area (Å²) in [6, 6.07) is 9.77. The van der Waals surface area contributed by atoms with Gasteiger partial charge in [-0.3, -0.25) is 4.55 Å². The lowest BCUT2D eigenvalue weighted by Gasteiger charge is -2.17. The molecule has 2 aromatic carbocycles. The van der Waals surface area contributed by atoms with Crippen LogP contribution in [0.4, 0.5) is 0 Å². The van der Waals surface area contributed by atoms with Gasteiger partial charge in [0.1, 0.15) is 4.90 Å². The average molecular weight is 517 g/mol. The van der Waals surface area contributed by atoms with Crippen molar-refractivity contribution in [3.8, 4) is 0 Å². The van der Waals surface area contributed by atoms with Crippen LogP contribution in [0.3, 0.4) is 0 Å². The highest BCUT2D eigenvalue weighted by molar-refractivity contribution is 7.86. The van der Waals surface area contributed by atoms with Crippen molar-refractivity contribution in [1.29, 1.82) is 0 Å². The van der Waals surface area contributed by atoms with Crippen molar-refractivity contribution in [3.05, 3.63) is 41.5 Å². The van der Waals surface area contributed by atoms with Gasteiger partial charge in [-0.15, -0.1) is 0 Å². The second-order valence-electron chi connectivity index (χ2n) is 11.6. The van der Waals surface area contributed by atoms with Crippen LogP contribution in [0.25, 0.3) is 10.8 Å². The van der Waals surface area contributed by atoms with Crippen LogP contribution in [0.2, 0.25) is 0 Å². The van der Waals surface area contributed by atoms with Gasteiger partial charge in [0, 0.05) is 5.39 Å². The van der Waals surface area contributed by atoms with Crippen molar-refractivity contribution in [3.63, 3.8) is 0 Å². The predicted molar refractivity (Wildman–Crippen MR) is 155 cm³/mol. The Morgan fingerprint density at radius 1 is 0.667 bits per heavy atom. The van der Waals surface area contributed by atoms with Crippen molar-refractivity contribution >= 4 is 20.9 Å². The third-order valence-corrected chi connectivity index (χ3v) is 8.37. The molecule has 0 spiro atoms. The zero-order valence-electron chi connectivity index (χ0n) is 23.5. The molecule has 2 aromatic rings. The van der Waals surface area contributed by atoms with Crippen molar-refractivity contribution in [2.45, 2.75) is 135 Å². The highest BCUT2D eigenvalue weighted by Crippen LogP contribution is 2.32. The molecule has 1 N–H and O–H groups in total. The molecule has 0 amide bonds. The van der Waals surface area contributed by atoms with E-state index < -0.39 is 10.1 Å². The normalized spacial score (nSPS) is 12.3. The van der Waals surface area contributed by atoms with Gasteiger partial charge in [0.05, 0.1) is 0 Å². The maximum absolute atomic E-state index is 12.6. The van der Waals surface area contributed by atoms with Crippen LogP contribution in [0.15, 0.2) is 35.2 Å². The number of fused-ring (bicyclic) bond motifs is 1. The molecular weight excluding hydrogens is 464 g/mol. The molecule has 0 heterocycles. The number of hydrogen-bond acceptors (Lipinski definition) is 2. The lowest BCUT2D eigenvalue weighted by atomic mass is 9.93. The van der Waals surface area contributed by atoms with E-state index in [1.807, 2.05) is 24.3 Å². The SMILES string of the molecule is CC(C)CCCCCCCCc1cc2ccccc2c(S(=O)(=O)O)c1CCCCCCCCC(C)C. The third kappa shape index (κ3) is 11.3. The van der Waals surface area contributed by atoms with E-state index in [4.69, 9.17) is 0 Å². The molecule has 0 aliphatic carbocycles. The Kier molecular flexibility index (Phi) is 14.1. The Labute approximate surface area is 222 Å². The third-order valence-electron chi connectivity index (χ3n) is 7.39. The Morgan fingerprint density at radius 2 is 1.14 bits per heavy atom. The maximum Gasteiger partial charge on any atom is 0.295 e. The molecule has 36 heavy (non-hydrogen) atoms. The molecule has 4 heteroatoms. The molecule has 0 saturated heterocycles. The zero-order valence-corrected chi connectivity index (χ0v) is 24.3. The fraction of sp³-hybridized carbons (Fsp3) is 0.688. The van der Waals surface area contributed by atoms with Crippen LogP contribution >= 0.6 is 0 Å². The Morgan fingerprint density at radius 3 is 1.67 bits per heavy atom. The summed E-state index contributed by atoms with van der Waals surface area (Å²) < 4.78 is 35.4. The quantitative estimate of drug-likeness (QED) is 0.149. The molecule has 2 rings (SSSR count). The summed E-state index contributed by atoms with van der Waals surface area (Å²) in [7, 11) is -4.30. The summed E-state index contributed by atoms with van der Waals surface area (Å²) in [5, 5.41) is 1.56. The predicted octanol–water partition coefficient (Wildman–Crippen LogP) is 9.94. The van der Waals surface area contributed by atoms with Gasteiger partial charge in [0.2, 0.25) is 0 Å². The highest BCUT2D eigenvalue weighted by atomic mass is 32.2. The number of benzene rings is 2. The van der Waals surface area contributed by atoms with Crippen LogP contribution in [0, 0.1) is 11.8 Å². The van der Waals surface area contributed by atoms with Gasteiger partial charge >= 0.3 is 0 Å². The number of aryl methyl sites for hydroxylation is 1. The van der Waals surface area contributed by atoms with Crippen molar-refractivity contribution in [1.82, 2.24) is 0 Å². The first-order chi connectivity index (χ1) is 17.2. The van der Waals surface area contributed by atoms with Crippen LogP contribution in [0.5, 0.6) is 0 Å². The molecule has 3 nitrogen and oxygen atoms in total. The van der Waals surface area contributed by atoms with Gasteiger partial charge in [-0.1, -0.05) is 135 Å². The molecule has 204 valence electrons. The molecule has 0 radical (unpaired) electrons. The van der Waals surface area contributed by atoms with Gasteiger partial charge in [-0.05, 0) is 54.0 Å². The minimum absolute atomic E-state index is 0.154. The minimum Gasteiger partial charge on any atom is -0.282 e. The molecule has 0 fully saturated rings. The van der Waals surface area contributed by atoms with Gasteiger partial charge in [0.25, 0.3) is 10.1 Å². The Hall–Kier alpha value is -1.39. The van der Waals surface area contributed by atoms with Crippen LogP contribution in [-0.4, -0.2) is 13.0 Å². The molecular formula is C32H52O3S. The first-order valence-corrected chi connectivity index (χ1v) is 16.1. The fourth-order valence-corrected chi connectivity index (χ4v) is 6.35. The van der Waals surface area contributed by atoms with Crippen molar-refractivity contribution < 1.29 is 13.0 Å². The summed E-state index contributed by atoms with van der Waals surface area (Å²) in [6.45, 7) is 9.13. The Bertz CT molecular complexity index is 992. The van der Waals surface area contributed by atoms with E-state index in [9.17, 15) is 13.0 Å².